The summed E-state index contributed by atoms with van der Waals surface area (Å²) in [4.78, 5) is 28.5. The van der Waals surface area contributed by atoms with Crippen molar-refractivity contribution in [2.45, 2.75) is 27.3 Å². The second-order valence-corrected chi connectivity index (χ2v) is 7.15. The Labute approximate surface area is 176 Å². The number of pyridine rings is 1. The van der Waals surface area contributed by atoms with Crippen LogP contribution >= 0.6 is 0 Å². The average Bonchev–Trinajstić information content (AvgIpc) is 2.74. The first-order valence-electron chi connectivity index (χ1n) is 9.73. The van der Waals surface area contributed by atoms with E-state index in [0.717, 1.165) is 28.0 Å². The lowest BCUT2D eigenvalue weighted by molar-refractivity contribution is -0.120. The maximum atomic E-state index is 12.2. The topological polar surface area (TPSA) is 80.3 Å². The summed E-state index contributed by atoms with van der Waals surface area (Å²) in [5.41, 5.74) is 4.41. The molecule has 3 rings (SSSR count). The number of carbonyl (C=O) groups is 2. The molecular formula is C24H25N3O3. The largest absolute Gasteiger partial charge is 0.439 e. The molecule has 0 aliphatic rings. The number of hydrogen-bond acceptors (Lipinski definition) is 4. The van der Waals surface area contributed by atoms with E-state index in [1.165, 1.54) is 0 Å². The average molecular weight is 403 g/mol. The number of hydrogen-bond donors (Lipinski definition) is 2. The van der Waals surface area contributed by atoms with Gasteiger partial charge in [-0.3, -0.25) is 9.59 Å². The van der Waals surface area contributed by atoms with Crippen LogP contribution in [-0.2, 0) is 11.3 Å². The number of rotatable bonds is 7. The molecule has 0 spiro atoms. The number of aryl methyl sites for hydroxylation is 3. The minimum atomic E-state index is -0.271. The molecule has 0 bridgehead atoms. The molecule has 0 radical (unpaired) electrons. The van der Waals surface area contributed by atoms with E-state index in [-0.39, 0.29) is 18.4 Å². The third-order valence-electron chi connectivity index (χ3n) is 4.64. The zero-order valence-corrected chi connectivity index (χ0v) is 17.4. The number of aromatic nitrogens is 1. The summed E-state index contributed by atoms with van der Waals surface area (Å²) in [6, 6.07) is 16.9. The van der Waals surface area contributed by atoms with Gasteiger partial charge < -0.3 is 15.4 Å². The molecule has 2 N–H and O–H groups in total. The molecule has 0 aliphatic carbocycles. The Morgan fingerprint density at radius 3 is 2.47 bits per heavy atom. The molecule has 0 atom stereocenters. The molecule has 2 amide bonds. The van der Waals surface area contributed by atoms with E-state index in [9.17, 15) is 9.59 Å². The highest BCUT2D eigenvalue weighted by molar-refractivity contribution is 5.97. The highest BCUT2D eigenvalue weighted by Crippen LogP contribution is 2.24. The van der Waals surface area contributed by atoms with Crippen LogP contribution in [0.5, 0.6) is 11.6 Å². The monoisotopic (exact) mass is 403 g/mol. The Bertz CT molecular complexity index is 1050. The summed E-state index contributed by atoms with van der Waals surface area (Å²) in [5, 5.41) is 5.41. The number of amides is 2. The third-order valence-corrected chi connectivity index (χ3v) is 4.64. The van der Waals surface area contributed by atoms with Crippen LogP contribution in [0.1, 0.15) is 32.6 Å². The lowest BCUT2D eigenvalue weighted by Crippen LogP contribution is -2.36. The van der Waals surface area contributed by atoms with E-state index in [1.807, 2.05) is 57.2 Å². The van der Waals surface area contributed by atoms with Crippen molar-refractivity contribution in [2.75, 3.05) is 6.54 Å². The van der Waals surface area contributed by atoms with Gasteiger partial charge in [-0.05, 0) is 55.2 Å². The zero-order chi connectivity index (χ0) is 21.5. The Morgan fingerprint density at radius 2 is 1.73 bits per heavy atom. The summed E-state index contributed by atoms with van der Waals surface area (Å²) in [6.45, 7) is 6.07. The van der Waals surface area contributed by atoms with Crippen molar-refractivity contribution in [3.63, 3.8) is 0 Å². The fraction of sp³-hybridized carbons (Fsp3) is 0.208. The van der Waals surface area contributed by atoms with Gasteiger partial charge in [-0.2, -0.15) is 0 Å². The van der Waals surface area contributed by atoms with Crippen molar-refractivity contribution < 1.29 is 14.3 Å². The maximum Gasteiger partial charge on any atom is 0.251 e. The molecule has 0 saturated heterocycles. The van der Waals surface area contributed by atoms with Crippen molar-refractivity contribution in [1.29, 1.82) is 0 Å². The van der Waals surface area contributed by atoms with Crippen LogP contribution in [0.2, 0.25) is 0 Å². The van der Waals surface area contributed by atoms with Crippen LogP contribution in [0.25, 0.3) is 0 Å². The summed E-state index contributed by atoms with van der Waals surface area (Å²) >= 11 is 0. The van der Waals surface area contributed by atoms with Gasteiger partial charge in [-0.1, -0.05) is 36.4 Å². The molecule has 3 aromatic rings. The molecule has 0 unspecified atom stereocenters. The normalized spacial score (nSPS) is 10.4. The highest BCUT2D eigenvalue weighted by atomic mass is 16.5. The van der Waals surface area contributed by atoms with Gasteiger partial charge in [0.15, 0.2) is 0 Å². The van der Waals surface area contributed by atoms with Crippen LogP contribution in [0.15, 0.2) is 60.8 Å². The van der Waals surface area contributed by atoms with Gasteiger partial charge in [0.05, 0.1) is 6.54 Å². The van der Waals surface area contributed by atoms with Crippen LogP contribution in [0.3, 0.4) is 0 Å². The summed E-state index contributed by atoms with van der Waals surface area (Å²) in [7, 11) is 0. The Hall–Kier alpha value is -3.67. The van der Waals surface area contributed by atoms with Gasteiger partial charge in [0.1, 0.15) is 5.75 Å². The molecule has 1 heterocycles. The predicted octanol–water partition coefficient (Wildman–Crippen LogP) is 3.85. The number of nitrogens with one attached hydrogen (secondary N) is 2. The SMILES string of the molecule is Cc1ccc(C)c(Oc2ccc(CNC(=O)CNC(=O)c3ccccc3C)cn2)c1. The van der Waals surface area contributed by atoms with E-state index >= 15 is 0 Å². The first-order chi connectivity index (χ1) is 14.4. The molecule has 0 fully saturated rings. The lowest BCUT2D eigenvalue weighted by Gasteiger charge is -2.10. The van der Waals surface area contributed by atoms with Crippen molar-refractivity contribution in [3.05, 3.63) is 88.6 Å². The van der Waals surface area contributed by atoms with Crippen LogP contribution in [-0.4, -0.2) is 23.3 Å². The van der Waals surface area contributed by atoms with Crippen molar-refractivity contribution in [2.24, 2.45) is 0 Å². The van der Waals surface area contributed by atoms with Crippen LogP contribution in [0.4, 0.5) is 0 Å². The number of benzene rings is 2. The first-order valence-corrected chi connectivity index (χ1v) is 9.73. The molecule has 0 aliphatic heterocycles. The van der Waals surface area contributed by atoms with Crippen LogP contribution < -0.4 is 15.4 Å². The van der Waals surface area contributed by atoms with Crippen molar-refractivity contribution in [3.8, 4) is 11.6 Å². The molecule has 154 valence electrons. The number of carbonyl (C=O) groups excluding carboxylic acids is 2. The number of ether oxygens (including phenoxy) is 1. The summed E-state index contributed by atoms with van der Waals surface area (Å²) < 4.78 is 5.84. The molecule has 0 saturated carbocycles. The molecule has 30 heavy (non-hydrogen) atoms. The fourth-order valence-corrected chi connectivity index (χ4v) is 2.85. The maximum absolute atomic E-state index is 12.2. The van der Waals surface area contributed by atoms with E-state index in [0.29, 0.717) is 18.0 Å². The van der Waals surface area contributed by atoms with Gasteiger partial charge in [0.25, 0.3) is 5.91 Å². The number of nitrogens with zero attached hydrogens (tertiary/aromatic N) is 1. The highest BCUT2D eigenvalue weighted by Gasteiger charge is 2.10. The fourth-order valence-electron chi connectivity index (χ4n) is 2.85. The van der Waals surface area contributed by atoms with Crippen LogP contribution in [0, 0.1) is 20.8 Å². The van der Waals surface area contributed by atoms with Gasteiger partial charge in [0.2, 0.25) is 11.8 Å². The minimum Gasteiger partial charge on any atom is -0.439 e. The first kappa shape index (κ1) is 21.0. The molecule has 6 heteroatoms. The molecule has 1 aromatic heterocycles. The van der Waals surface area contributed by atoms with E-state index in [2.05, 4.69) is 15.6 Å². The lowest BCUT2D eigenvalue weighted by atomic mass is 10.1. The second-order valence-electron chi connectivity index (χ2n) is 7.15. The van der Waals surface area contributed by atoms with E-state index < -0.39 is 0 Å². The van der Waals surface area contributed by atoms with Crippen molar-refractivity contribution in [1.82, 2.24) is 15.6 Å². The Balaban J connectivity index is 1.47. The molecular weight excluding hydrogens is 378 g/mol. The Kier molecular flexibility index (Phi) is 6.80. The van der Waals surface area contributed by atoms with Crippen molar-refractivity contribution >= 4 is 11.8 Å². The van der Waals surface area contributed by atoms with Gasteiger partial charge in [0, 0.05) is 24.4 Å². The summed E-state index contributed by atoms with van der Waals surface area (Å²) in [5.74, 6) is 0.725. The zero-order valence-electron chi connectivity index (χ0n) is 17.4. The quantitative estimate of drug-likeness (QED) is 0.628. The minimum absolute atomic E-state index is 0.0889. The van der Waals surface area contributed by atoms with E-state index in [1.54, 1.807) is 24.4 Å². The third kappa shape index (κ3) is 5.67. The predicted molar refractivity (Wildman–Crippen MR) is 116 cm³/mol. The standard InChI is InChI=1S/C24H25N3O3/c1-16-8-9-18(3)21(12-16)30-23-11-10-19(14-26-23)13-25-22(28)15-27-24(29)20-7-5-4-6-17(20)2/h4-12,14H,13,15H2,1-3H3,(H,25,28)(H,27,29). The van der Waals surface area contributed by atoms with E-state index in [4.69, 9.17) is 4.74 Å². The van der Waals surface area contributed by atoms with Gasteiger partial charge in [-0.15, -0.1) is 0 Å². The smallest absolute Gasteiger partial charge is 0.251 e. The second kappa shape index (κ2) is 9.69. The molecule has 2 aromatic carbocycles. The summed E-state index contributed by atoms with van der Waals surface area (Å²) in [6.07, 6.45) is 1.66. The van der Waals surface area contributed by atoms with Gasteiger partial charge in [-0.25, -0.2) is 4.98 Å². The van der Waals surface area contributed by atoms with Gasteiger partial charge >= 0.3 is 0 Å². The Morgan fingerprint density at radius 1 is 0.933 bits per heavy atom. The molecule has 6 nitrogen and oxygen atoms in total.